The molecule has 3 rings (SSSR count). The molecule has 0 aliphatic heterocycles. The predicted molar refractivity (Wildman–Crippen MR) is 83.0 cm³/mol. The Labute approximate surface area is 128 Å². The summed E-state index contributed by atoms with van der Waals surface area (Å²) in [5, 5.41) is 3.30. The lowest BCUT2D eigenvalue weighted by Crippen LogP contribution is -2.22. The third-order valence-corrected chi connectivity index (χ3v) is 5.35. The van der Waals surface area contributed by atoms with Crippen molar-refractivity contribution >= 4 is 11.3 Å². The molecule has 0 amide bonds. The lowest BCUT2D eigenvalue weighted by atomic mass is 10.0. The fourth-order valence-electron chi connectivity index (χ4n) is 2.95. The lowest BCUT2D eigenvalue weighted by Gasteiger charge is -2.18. The van der Waals surface area contributed by atoms with E-state index in [1.165, 1.54) is 29.0 Å². The minimum Gasteiger partial charge on any atom is -0.306 e. The number of benzene rings is 1. The first kappa shape index (κ1) is 14.7. The van der Waals surface area contributed by atoms with Gasteiger partial charge in [0.05, 0.1) is 6.04 Å². The van der Waals surface area contributed by atoms with Gasteiger partial charge in [0.25, 0.3) is 0 Å². The molecule has 1 aliphatic carbocycles. The van der Waals surface area contributed by atoms with Crippen molar-refractivity contribution in [3.63, 3.8) is 0 Å². The predicted octanol–water partition coefficient (Wildman–Crippen LogP) is 4.52. The van der Waals surface area contributed by atoms with E-state index in [1.807, 2.05) is 6.92 Å². The minimum absolute atomic E-state index is 0.263. The number of aryl methyl sites for hydroxylation is 3. The fourth-order valence-corrected chi connectivity index (χ4v) is 4.30. The Kier molecular flexibility index (Phi) is 4.09. The molecule has 4 heteroatoms. The first-order chi connectivity index (χ1) is 10.1. The molecule has 112 valence electrons. The molecule has 1 aromatic carbocycles. The van der Waals surface area contributed by atoms with Crippen LogP contribution in [0.4, 0.5) is 8.78 Å². The van der Waals surface area contributed by atoms with Crippen LogP contribution in [-0.2, 0) is 12.8 Å². The van der Waals surface area contributed by atoms with Crippen molar-refractivity contribution in [1.82, 2.24) is 5.32 Å². The zero-order valence-electron chi connectivity index (χ0n) is 12.3. The van der Waals surface area contributed by atoms with E-state index in [2.05, 4.69) is 11.4 Å². The highest BCUT2D eigenvalue weighted by atomic mass is 32.1. The lowest BCUT2D eigenvalue weighted by molar-refractivity contribution is 0.544. The van der Waals surface area contributed by atoms with E-state index in [-0.39, 0.29) is 17.7 Å². The third-order valence-electron chi connectivity index (χ3n) is 4.05. The van der Waals surface area contributed by atoms with Crippen molar-refractivity contribution in [3.05, 3.63) is 56.3 Å². The number of thiophene rings is 1. The van der Waals surface area contributed by atoms with Gasteiger partial charge in [-0.2, -0.15) is 0 Å². The summed E-state index contributed by atoms with van der Waals surface area (Å²) in [5.74, 6) is -0.688. The maximum Gasteiger partial charge on any atom is 0.128 e. The summed E-state index contributed by atoms with van der Waals surface area (Å²) in [5.41, 5.74) is 2.13. The molecule has 1 heterocycles. The number of nitrogens with one attached hydrogen (secondary N) is 1. The zero-order valence-corrected chi connectivity index (χ0v) is 13.1. The SMILES string of the molecule is CCNC(c1cc2c(s1)CCC2)c1cc(F)c(C)cc1F. The molecule has 1 aromatic heterocycles. The normalized spacial score (nSPS) is 15.2. The van der Waals surface area contributed by atoms with Crippen molar-refractivity contribution in [2.24, 2.45) is 0 Å². The van der Waals surface area contributed by atoms with Gasteiger partial charge < -0.3 is 5.32 Å². The maximum absolute atomic E-state index is 14.3. The summed E-state index contributed by atoms with van der Waals surface area (Å²) in [6.45, 7) is 4.28. The Morgan fingerprint density at radius 1 is 1.19 bits per heavy atom. The largest absolute Gasteiger partial charge is 0.306 e. The van der Waals surface area contributed by atoms with Crippen LogP contribution < -0.4 is 5.32 Å². The van der Waals surface area contributed by atoms with Crippen molar-refractivity contribution < 1.29 is 8.78 Å². The standard InChI is InChI=1S/C17H19F2NS/c1-3-20-17(12-9-13(18)10(2)7-14(12)19)16-8-11-5-4-6-15(11)21-16/h7-9,17,20H,3-6H2,1-2H3. The van der Waals surface area contributed by atoms with Gasteiger partial charge >= 0.3 is 0 Å². The van der Waals surface area contributed by atoms with Gasteiger partial charge in [0.2, 0.25) is 0 Å². The van der Waals surface area contributed by atoms with Crippen LogP contribution in [-0.4, -0.2) is 6.54 Å². The quantitative estimate of drug-likeness (QED) is 0.875. The average Bonchev–Trinajstić information content (AvgIpc) is 3.01. The Hall–Kier alpha value is -1.26. The first-order valence-corrected chi connectivity index (χ1v) is 8.22. The molecule has 1 aliphatic rings. The molecule has 0 bridgehead atoms. The molecular formula is C17H19F2NS. The molecule has 1 nitrogen and oxygen atoms in total. The van der Waals surface area contributed by atoms with E-state index in [1.54, 1.807) is 18.3 Å². The van der Waals surface area contributed by atoms with E-state index in [4.69, 9.17) is 0 Å². The van der Waals surface area contributed by atoms with Gasteiger partial charge in [0.15, 0.2) is 0 Å². The maximum atomic E-state index is 14.3. The number of fused-ring (bicyclic) bond motifs is 1. The van der Waals surface area contributed by atoms with Crippen molar-refractivity contribution in [2.45, 2.75) is 39.2 Å². The van der Waals surface area contributed by atoms with Gasteiger partial charge in [-0.3, -0.25) is 0 Å². The molecular weight excluding hydrogens is 288 g/mol. The summed E-state index contributed by atoms with van der Waals surface area (Å²) in [7, 11) is 0. The van der Waals surface area contributed by atoms with Gasteiger partial charge in [-0.15, -0.1) is 11.3 Å². The van der Waals surface area contributed by atoms with E-state index < -0.39 is 0 Å². The molecule has 1 atom stereocenters. The number of hydrogen-bond donors (Lipinski definition) is 1. The van der Waals surface area contributed by atoms with Crippen molar-refractivity contribution in [1.29, 1.82) is 0 Å². The van der Waals surface area contributed by atoms with Crippen LogP contribution in [0.3, 0.4) is 0 Å². The molecule has 0 spiro atoms. The Bertz CT molecular complexity index is 642. The van der Waals surface area contributed by atoms with Gasteiger partial charge in [-0.1, -0.05) is 6.92 Å². The summed E-state index contributed by atoms with van der Waals surface area (Å²) < 4.78 is 28.1. The highest BCUT2D eigenvalue weighted by molar-refractivity contribution is 7.12. The summed E-state index contributed by atoms with van der Waals surface area (Å²) in [4.78, 5) is 2.49. The van der Waals surface area contributed by atoms with E-state index in [9.17, 15) is 8.78 Å². The fraction of sp³-hybridized carbons (Fsp3) is 0.412. The second kappa shape index (κ2) is 5.85. The molecule has 1 N–H and O–H groups in total. The van der Waals surface area contributed by atoms with Crippen molar-refractivity contribution in [2.75, 3.05) is 6.54 Å². The third kappa shape index (κ3) is 2.74. The Balaban J connectivity index is 2.03. The van der Waals surface area contributed by atoms with Gasteiger partial charge in [0, 0.05) is 15.3 Å². The van der Waals surface area contributed by atoms with E-state index in [0.29, 0.717) is 17.7 Å². The highest BCUT2D eigenvalue weighted by Crippen LogP contribution is 2.37. The van der Waals surface area contributed by atoms with Crippen LogP contribution in [0.2, 0.25) is 0 Å². The topological polar surface area (TPSA) is 12.0 Å². The van der Waals surface area contributed by atoms with Crippen molar-refractivity contribution in [3.8, 4) is 0 Å². The minimum atomic E-state index is -0.349. The summed E-state index contributed by atoms with van der Waals surface area (Å²) in [6.07, 6.45) is 3.43. The number of hydrogen-bond acceptors (Lipinski definition) is 2. The summed E-state index contributed by atoms with van der Waals surface area (Å²) >= 11 is 1.73. The van der Waals surface area contributed by atoms with Crippen LogP contribution >= 0.6 is 11.3 Å². The zero-order chi connectivity index (χ0) is 15.0. The van der Waals surface area contributed by atoms with Crippen LogP contribution in [0.5, 0.6) is 0 Å². The van der Waals surface area contributed by atoms with Crippen LogP contribution in [0, 0.1) is 18.6 Å². The van der Waals surface area contributed by atoms with Crippen LogP contribution in [0.25, 0.3) is 0 Å². The Morgan fingerprint density at radius 2 is 2.00 bits per heavy atom. The van der Waals surface area contributed by atoms with Gasteiger partial charge in [0.1, 0.15) is 11.6 Å². The van der Waals surface area contributed by atoms with E-state index in [0.717, 1.165) is 17.7 Å². The molecule has 0 radical (unpaired) electrons. The van der Waals surface area contributed by atoms with Crippen LogP contribution in [0.15, 0.2) is 18.2 Å². The second-order valence-corrected chi connectivity index (χ2v) is 6.73. The average molecular weight is 307 g/mol. The molecule has 0 fully saturated rings. The van der Waals surface area contributed by atoms with Crippen LogP contribution in [0.1, 0.15) is 45.8 Å². The molecule has 0 saturated carbocycles. The number of halogens is 2. The number of rotatable bonds is 4. The first-order valence-electron chi connectivity index (χ1n) is 7.40. The van der Waals surface area contributed by atoms with Gasteiger partial charge in [-0.25, -0.2) is 8.78 Å². The molecule has 0 saturated heterocycles. The molecule has 1 unspecified atom stereocenters. The van der Waals surface area contributed by atoms with Gasteiger partial charge in [-0.05, 0) is 62.1 Å². The second-order valence-electron chi connectivity index (χ2n) is 5.56. The monoisotopic (exact) mass is 307 g/mol. The van der Waals surface area contributed by atoms with E-state index >= 15 is 0 Å². The molecule has 2 aromatic rings. The highest BCUT2D eigenvalue weighted by Gasteiger charge is 2.24. The molecule has 21 heavy (non-hydrogen) atoms. The smallest absolute Gasteiger partial charge is 0.128 e. The Morgan fingerprint density at radius 3 is 2.71 bits per heavy atom. The summed E-state index contributed by atoms with van der Waals surface area (Å²) in [6, 6.07) is 4.53.